The standard InChI is InChI=1S/C16H27N3O2/c1-5-12(3)19(6-2)10-9-16(20)18-15-8-7-13(21-4)11-14(15)17/h7-8,11-12H,5-6,9-10,17H2,1-4H3,(H,18,20). The number of rotatable bonds is 8. The Morgan fingerprint density at radius 2 is 2.14 bits per heavy atom. The number of carbonyl (C=O) groups is 1. The highest BCUT2D eigenvalue weighted by atomic mass is 16.5. The van der Waals surface area contributed by atoms with Gasteiger partial charge in [0.15, 0.2) is 0 Å². The predicted octanol–water partition coefficient (Wildman–Crippen LogP) is 2.73. The molecule has 1 aromatic carbocycles. The van der Waals surface area contributed by atoms with Crippen molar-refractivity contribution in [1.82, 2.24) is 4.90 Å². The third-order valence-corrected chi connectivity index (χ3v) is 3.78. The van der Waals surface area contributed by atoms with Gasteiger partial charge in [0.1, 0.15) is 5.75 Å². The van der Waals surface area contributed by atoms with Crippen LogP contribution in [0.2, 0.25) is 0 Å². The molecule has 5 heteroatoms. The van der Waals surface area contributed by atoms with Crippen LogP contribution in [-0.4, -0.2) is 37.0 Å². The zero-order chi connectivity index (χ0) is 15.8. The van der Waals surface area contributed by atoms with E-state index in [1.54, 1.807) is 25.3 Å². The smallest absolute Gasteiger partial charge is 0.225 e. The highest BCUT2D eigenvalue weighted by molar-refractivity contribution is 5.94. The van der Waals surface area contributed by atoms with Crippen molar-refractivity contribution >= 4 is 17.3 Å². The number of hydrogen-bond donors (Lipinski definition) is 2. The molecule has 0 aliphatic rings. The fourth-order valence-corrected chi connectivity index (χ4v) is 2.19. The number of ether oxygens (including phenoxy) is 1. The SMILES string of the molecule is CCC(C)N(CC)CCC(=O)Nc1ccc(OC)cc1N. The van der Waals surface area contributed by atoms with Crippen molar-refractivity contribution in [1.29, 1.82) is 0 Å². The van der Waals surface area contributed by atoms with Crippen LogP contribution in [0.15, 0.2) is 18.2 Å². The van der Waals surface area contributed by atoms with Gasteiger partial charge in [-0.05, 0) is 32.0 Å². The Labute approximate surface area is 127 Å². The first-order valence-corrected chi connectivity index (χ1v) is 7.49. The average molecular weight is 293 g/mol. The summed E-state index contributed by atoms with van der Waals surface area (Å²) in [5.74, 6) is 0.660. The van der Waals surface area contributed by atoms with E-state index in [4.69, 9.17) is 10.5 Å². The van der Waals surface area contributed by atoms with Gasteiger partial charge in [0.2, 0.25) is 5.91 Å². The van der Waals surface area contributed by atoms with Crippen LogP contribution in [0, 0.1) is 0 Å². The van der Waals surface area contributed by atoms with Crippen molar-refractivity contribution in [2.24, 2.45) is 0 Å². The maximum absolute atomic E-state index is 12.0. The van der Waals surface area contributed by atoms with Gasteiger partial charge in [-0.1, -0.05) is 13.8 Å². The molecule has 0 saturated carbocycles. The Hall–Kier alpha value is -1.75. The van der Waals surface area contributed by atoms with E-state index >= 15 is 0 Å². The van der Waals surface area contributed by atoms with E-state index in [9.17, 15) is 4.79 Å². The van der Waals surface area contributed by atoms with Crippen molar-refractivity contribution < 1.29 is 9.53 Å². The number of methoxy groups -OCH3 is 1. The molecular formula is C16H27N3O2. The van der Waals surface area contributed by atoms with Crippen LogP contribution in [0.3, 0.4) is 0 Å². The van der Waals surface area contributed by atoms with E-state index in [1.807, 2.05) is 0 Å². The summed E-state index contributed by atoms with van der Waals surface area (Å²) in [6, 6.07) is 5.74. The number of amides is 1. The van der Waals surface area contributed by atoms with Gasteiger partial charge >= 0.3 is 0 Å². The van der Waals surface area contributed by atoms with Crippen LogP contribution in [0.25, 0.3) is 0 Å². The van der Waals surface area contributed by atoms with Gasteiger partial charge in [-0.3, -0.25) is 4.79 Å². The Morgan fingerprint density at radius 1 is 1.43 bits per heavy atom. The zero-order valence-corrected chi connectivity index (χ0v) is 13.5. The lowest BCUT2D eigenvalue weighted by Gasteiger charge is -2.26. The van der Waals surface area contributed by atoms with Crippen LogP contribution < -0.4 is 15.8 Å². The van der Waals surface area contributed by atoms with E-state index in [-0.39, 0.29) is 5.91 Å². The van der Waals surface area contributed by atoms with E-state index in [1.165, 1.54) is 0 Å². The van der Waals surface area contributed by atoms with Crippen LogP contribution in [0.1, 0.15) is 33.6 Å². The Morgan fingerprint density at radius 3 is 2.67 bits per heavy atom. The van der Waals surface area contributed by atoms with Crippen molar-refractivity contribution in [2.75, 3.05) is 31.2 Å². The first-order chi connectivity index (χ1) is 10.0. The van der Waals surface area contributed by atoms with Gasteiger partial charge in [-0.25, -0.2) is 0 Å². The summed E-state index contributed by atoms with van der Waals surface area (Å²) < 4.78 is 5.09. The van der Waals surface area contributed by atoms with E-state index < -0.39 is 0 Å². The minimum atomic E-state index is -0.0198. The molecular weight excluding hydrogens is 266 g/mol. The first-order valence-electron chi connectivity index (χ1n) is 7.49. The second-order valence-electron chi connectivity index (χ2n) is 5.14. The number of nitrogens with zero attached hydrogens (tertiary/aromatic N) is 1. The van der Waals surface area contributed by atoms with Gasteiger partial charge in [0, 0.05) is 25.1 Å². The molecule has 0 bridgehead atoms. The highest BCUT2D eigenvalue weighted by Gasteiger charge is 2.12. The molecule has 3 N–H and O–H groups in total. The zero-order valence-electron chi connectivity index (χ0n) is 13.5. The van der Waals surface area contributed by atoms with E-state index in [0.29, 0.717) is 29.6 Å². The third-order valence-electron chi connectivity index (χ3n) is 3.78. The molecule has 0 saturated heterocycles. The quantitative estimate of drug-likeness (QED) is 0.723. The molecule has 0 aromatic heterocycles. The lowest BCUT2D eigenvalue weighted by molar-refractivity contribution is -0.116. The molecule has 0 radical (unpaired) electrons. The van der Waals surface area contributed by atoms with Gasteiger partial charge in [0.25, 0.3) is 0 Å². The Kier molecular flexibility index (Phi) is 7.02. The molecule has 1 aromatic rings. The number of anilines is 2. The molecule has 5 nitrogen and oxygen atoms in total. The molecule has 0 fully saturated rings. The monoisotopic (exact) mass is 293 g/mol. The van der Waals surface area contributed by atoms with Crippen LogP contribution in [-0.2, 0) is 4.79 Å². The van der Waals surface area contributed by atoms with Gasteiger partial charge in [-0.15, -0.1) is 0 Å². The number of carbonyl (C=O) groups excluding carboxylic acids is 1. The van der Waals surface area contributed by atoms with E-state index in [2.05, 4.69) is 31.0 Å². The summed E-state index contributed by atoms with van der Waals surface area (Å²) in [6.07, 6.45) is 1.55. The van der Waals surface area contributed by atoms with Crippen molar-refractivity contribution in [2.45, 2.75) is 39.7 Å². The molecule has 0 aliphatic heterocycles. The minimum absolute atomic E-state index is 0.0198. The topological polar surface area (TPSA) is 67.6 Å². The Balaban J connectivity index is 2.54. The molecule has 118 valence electrons. The molecule has 1 rings (SSSR count). The minimum Gasteiger partial charge on any atom is -0.497 e. The summed E-state index contributed by atoms with van der Waals surface area (Å²) in [5.41, 5.74) is 7.03. The molecule has 1 unspecified atom stereocenters. The van der Waals surface area contributed by atoms with Gasteiger partial charge in [0.05, 0.1) is 18.5 Å². The lowest BCUT2D eigenvalue weighted by atomic mass is 10.2. The number of hydrogen-bond acceptors (Lipinski definition) is 4. The second-order valence-corrected chi connectivity index (χ2v) is 5.14. The fraction of sp³-hybridized carbons (Fsp3) is 0.562. The number of nitrogens with one attached hydrogen (secondary N) is 1. The maximum atomic E-state index is 12.0. The van der Waals surface area contributed by atoms with E-state index in [0.717, 1.165) is 19.5 Å². The molecule has 1 amide bonds. The summed E-state index contributed by atoms with van der Waals surface area (Å²) >= 11 is 0. The number of nitrogens with two attached hydrogens (primary N) is 1. The third kappa shape index (κ3) is 5.27. The number of nitrogen functional groups attached to an aromatic ring is 1. The Bertz CT molecular complexity index is 463. The van der Waals surface area contributed by atoms with Gasteiger partial charge in [-0.2, -0.15) is 0 Å². The lowest BCUT2D eigenvalue weighted by Crippen LogP contribution is -2.35. The first kappa shape index (κ1) is 17.3. The number of benzene rings is 1. The molecule has 0 spiro atoms. The summed E-state index contributed by atoms with van der Waals surface area (Å²) in [6.45, 7) is 8.17. The summed E-state index contributed by atoms with van der Waals surface area (Å²) in [4.78, 5) is 14.3. The summed E-state index contributed by atoms with van der Waals surface area (Å²) in [7, 11) is 1.58. The fourth-order valence-electron chi connectivity index (χ4n) is 2.19. The largest absolute Gasteiger partial charge is 0.497 e. The predicted molar refractivity (Wildman–Crippen MR) is 87.7 cm³/mol. The summed E-state index contributed by atoms with van der Waals surface area (Å²) in [5, 5.41) is 2.85. The van der Waals surface area contributed by atoms with Crippen LogP contribution >= 0.6 is 0 Å². The normalized spacial score (nSPS) is 12.2. The second kappa shape index (κ2) is 8.52. The molecule has 0 heterocycles. The highest BCUT2D eigenvalue weighted by Crippen LogP contribution is 2.24. The maximum Gasteiger partial charge on any atom is 0.225 e. The van der Waals surface area contributed by atoms with Crippen molar-refractivity contribution in [3.8, 4) is 5.75 Å². The molecule has 1 atom stereocenters. The van der Waals surface area contributed by atoms with Crippen molar-refractivity contribution in [3.05, 3.63) is 18.2 Å². The molecule has 21 heavy (non-hydrogen) atoms. The van der Waals surface area contributed by atoms with Crippen molar-refractivity contribution in [3.63, 3.8) is 0 Å². The van der Waals surface area contributed by atoms with Crippen LogP contribution in [0.4, 0.5) is 11.4 Å². The average Bonchev–Trinajstić information content (AvgIpc) is 2.49. The van der Waals surface area contributed by atoms with Crippen LogP contribution in [0.5, 0.6) is 5.75 Å². The molecule has 0 aliphatic carbocycles. The van der Waals surface area contributed by atoms with Gasteiger partial charge < -0.3 is 20.7 Å².